The number of β-amino-alcohol motifs (C(OH)–C–C–N with tert-alkyl or cyclic N) is 1. The zero-order valence-corrected chi connectivity index (χ0v) is 17.4. The number of ether oxygens (including phenoxy) is 2. The van der Waals surface area contributed by atoms with Gasteiger partial charge in [0, 0.05) is 17.8 Å². The van der Waals surface area contributed by atoms with Gasteiger partial charge in [0.1, 0.15) is 6.10 Å². The van der Waals surface area contributed by atoms with E-state index in [1.165, 1.54) is 0 Å². The third-order valence-corrected chi connectivity index (χ3v) is 5.73. The van der Waals surface area contributed by atoms with Crippen LogP contribution in [0.5, 0.6) is 0 Å². The summed E-state index contributed by atoms with van der Waals surface area (Å²) in [6.45, 7) is 0.610. The number of amides is 2. The highest BCUT2D eigenvalue weighted by Crippen LogP contribution is 2.29. The summed E-state index contributed by atoms with van der Waals surface area (Å²) < 4.78 is 11.8. The molecule has 164 valence electrons. The Kier molecular flexibility index (Phi) is 6.96. The number of aliphatic hydroxyl groups is 1. The first-order chi connectivity index (χ1) is 15.1. The summed E-state index contributed by atoms with van der Waals surface area (Å²) in [5.74, 6) is -0.227. The van der Waals surface area contributed by atoms with Gasteiger partial charge >= 0.3 is 0 Å². The first kappa shape index (κ1) is 21.5. The van der Waals surface area contributed by atoms with Crippen LogP contribution in [-0.2, 0) is 14.3 Å². The van der Waals surface area contributed by atoms with Gasteiger partial charge in [0.15, 0.2) is 0 Å². The van der Waals surface area contributed by atoms with E-state index in [2.05, 4.69) is 5.32 Å². The molecule has 2 aliphatic heterocycles. The lowest BCUT2D eigenvalue weighted by Gasteiger charge is -2.44. The van der Waals surface area contributed by atoms with Crippen LogP contribution in [0.1, 0.15) is 29.6 Å². The van der Waals surface area contributed by atoms with Crippen LogP contribution in [0.4, 0.5) is 5.69 Å². The summed E-state index contributed by atoms with van der Waals surface area (Å²) in [5.41, 5.74) is 1.34. The molecule has 2 N–H and O–H groups in total. The quantitative estimate of drug-likeness (QED) is 0.787. The summed E-state index contributed by atoms with van der Waals surface area (Å²) in [4.78, 5) is 27.3. The molecule has 0 bridgehead atoms. The molecule has 7 nitrogen and oxygen atoms in total. The summed E-state index contributed by atoms with van der Waals surface area (Å²) in [7, 11) is 0. The minimum absolute atomic E-state index is 0.103. The predicted octanol–water partition coefficient (Wildman–Crippen LogP) is 2.46. The van der Waals surface area contributed by atoms with Crippen molar-refractivity contribution in [3.63, 3.8) is 0 Å². The van der Waals surface area contributed by atoms with Crippen LogP contribution in [0.2, 0.25) is 0 Å². The van der Waals surface area contributed by atoms with E-state index in [9.17, 15) is 14.7 Å². The number of carbonyl (C=O) groups is 2. The Balaban J connectivity index is 1.43. The summed E-state index contributed by atoms with van der Waals surface area (Å²) in [6, 6.07) is 18.2. The van der Waals surface area contributed by atoms with E-state index in [0.717, 1.165) is 5.69 Å². The first-order valence-electron chi connectivity index (χ1n) is 10.7. The maximum atomic E-state index is 13.2. The molecule has 0 unspecified atom stereocenters. The van der Waals surface area contributed by atoms with Gasteiger partial charge in [-0.1, -0.05) is 36.4 Å². The maximum Gasteiger partial charge on any atom is 0.254 e. The number of benzene rings is 2. The van der Waals surface area contributed by atoms with Crippen LogP contribution < -0.4 is 5.32 Å². The van der Waals surface area contributed by atoms with Crippen molar-refractivity contribution >= 4 is 17.5 Å². The fourth-order valence-electron chi connectivity index (χ4n) is 4.26. The van der Waals surface area contributed by atoms with Crippen LogP contribution >= 0.6 is 0 Å². The molecular weight excluding hydrogens is 396 g/mol. The number of carbonyl (C=O) groups excluding carboxylic acids is 2. The zero-order valence-electron chi connectivity index (χ0n) is 17.4. The Hall–Kier alpha value is -2.74. The van der Waals surface area contributed by atoms with Crippen LogP contribution in [0.3, 0.4) is 0 Å². The third kappa shape index (κ3) is 5.50. The van der Waals surface area contributed by atoms with E-state index in [0.29, 0.717) is 18.4 Å². The highest BCUT2D eigenvalue weighted by Gasteiger charge is 2.40. The van der Waals surface area contributed by atoms with Crippen molar-refractivity contribution in [3.05, 3.63) is 66.2 Å². The van der Waals surface area contributed by atoms with E-state index in [-0.39, 0.29) is 56.2 Å². The Morgan fingerprint density at radius 1 is 1.00 bits per heavy atom. The number of para-hydroxylation sites is 1. The normalized spacial score (nSPS) is 26.3. The van der Waals surface area contributed by atoms with Gasteiger partial charge in [-0.25, -0.2) is 0 Å². The van der Waals surface area contributed by atoms with E-state index < -0.39 is 6.10 Å². The number of nitrogens with one attached hydrogen (secondary N) is 1. The van der Waals surface area contributed by atoms with Crippen LogP contribution in [0.25, 0.3) is 0 Å². The minimum atomic E-state index is -0.747. The topological polar surface area (TPSA) is 88.1 Å². The van der Waals surface area contributed by atoms with Crippen molar-refractivity contribution in [1.29, 1.82) is 0 Å². The van der Waals surface area contributed by atoms with E-state index in [1.54, 1.807) is 17.0 Å². The van der Waals surface area contributed by atoms with Crippen molar-refractivity contribution in [1.82, 2.24) is 4.90 Å². The standard InChI is InChI=1S/C24H28N2O5/c27-19-14-26(24(29)17-7-3-1-4-8-17)21-12-11-20(31-22(21)16-30-15-19)13-23(28)25-18-9-5-2-6-10-18/h1-10,19-22,27H,11-16H2,(H,25,28)/t19-,20+,21-,22+/m0/s1. The first-order valence-corrected chi connectivity index (χ1v) is 10.7. The molecule has 0 aromatic heterocycles. The lowest BCUT2D eigenvalue weighted by molar-refractivity contribution is -0.149. The Bertz CT molecular complexity index is 876. The Labute approximate surface area is 182 Å². The molecule has 0 aliphatic carbocycles. The third-order valence-electron chi connectivity index (χ3n) is 5.73. The molecule has 2 saturated heterocycles. The number of fused-ring (bicyclic) bond motifs is 1. The molecule has 7 heteroatoms. The highest BCUT2D eigenvalue weighted by atomic mass is 16.5. The molecule has 4 atom stereocenters. The van der Waals surface area contributed by atoms with Crippen molar-refractivity contribution in [3.8, 4) is 0 Å². The number of hydrogen-bond acceptors (Lipinski definition) is 5. The Morgan fingerprint density at radius 3 is 2.45 bits per heavy atom. The number of anilines is 1. The molecule has 0 saturated carbocycles. The lowest BCUT2D eigenvalue weighted by atomic mass is 9.94. The number of rotatable bonds is 4. The highest BCUT2D eigenvalue weighted by molar-refractivity contribution is 5.94. The van der Waals surface area contributed by atoms with Gasteiger partial charge in [-0.15, -0.1) is 0 Å². The van der Waals surface area contributed by atoms with Crippen molar-refractivity contribution < 1.29 is 24.2 Å². The van der Waals surface area contributed by atoms with Gasteiger partial charge < -0.3 is 24.8 Å². The summed E-state index contributed by atoms with van der Waals surface area (Å²) in [5, 5.41) is 13.2. The van der Waals surface area contributed by atoms with E-state index in [1.807, 2.05) is 48.5 Å². The van der Waals surface area contributed by atoms with Crippen molar-refractivity contribution in [2.75, 3.05) is 25.1 Å². The van der Waals surface area contributed by atoms with Gasteiger partial charge in [0.2, 0.25) is 5.91 Å². The molecule has 4 rings (SSSR count). The van der Waals surface area contributed by atoms with E-state index >= 15 is 0 Å². The van der Waals surface area contributed by atoms with Gasteiger partial charge in [-0.05, 0) is 37.1 Å². The molecule has 2 aliphatic rings. The van der Waals surface area contributed by atoms with Crippen LogP contribution in [-0.4, -0.2) is 65.9 Å². The number of hydrogen-bond donors (Lipinski definition) is 2. The fourth-order valence-corrected chi connectivity index (χ4v) is 4.26. The number of aliphatic hydroxyl groups excluding tert-OH is 1. The average molecular weight is 424 g/mol. The summed E-state index contributed by atoms with van der Waals surface area (Å²) >= 11 is 0. The lowest BCUT2D eigenvalue weighted by Crippen LogP contribution is -2.57. The van der Waals surface area contributed by atoms with Crippen LogP contribution in [0.15, 0.2) is 60.7 Å². The minimum Gasteiger partial charge on any atom is -0.389 e. The van der Waals surface area contributed by atoms with Gasteiger partial charge in [0.25, 0.3) is 5.91 Å². The fraction of sp³-hybridized carbons (Fsp3) is 0.417. The second-order valence-corrected chi connectivity index (χ2v) is 8.07. The van der Waals surface area contributed by atoms with Crippen molar-refractivity contribution in [2.45, 2.75) is 43.6 Å². The van der Waals surface area contributed by atoms with E-state index in [4.69, 9.17) is 9.47 Å². The molecule has 2 fully saturated rings. The van der Waals surface area contributed by atoms with Crippen molar-refractivity contribution in [2.24, 2.45) is 0 Å². The maximum absolute atomic E-state index is 13.2. The molecular formula is C24H28N2O5. The van der Waals surface area contributed by atoms with Gasteiger partial charge in [-0.3, -0.25) is 9.59 Å². The average Bonchev–Trinajstić information content (AvgIpc) is 2.77. The largest absolute Gasteiger partial charge is 0.389 e. The molecule has 2 amide bonds. The summed E-state index contributed by atoms with van der Waals surface area (Å²) in [6.07, 6.45) is 0.242. The Morgan fingerprint density at radius 2 is 1.71 bits per heavy atom. The molecule has 2 aromatic carbocycles. The monoisotopic (exact) mass is 424 g/mol. The van der Waals surface area contributed by atoms with Gasteiger partial charge in [-0.2, -0.15) is 0 Å². The molecule has 0 radical (unpaired) electrons. The second-order valence-electron chi connectivity index (χ2n) is 8.07. The zero-order chi connectivity index (χ0) is 21.6. The molecule has 2 heterocycles. The predicted molar refractivity (Wildman–Crippen MR) is 116 cm³/mol. The van der Waals surface area contributed by atoms with Crippen LogP contribution in [0, 0.1) is 0 Å². The molecule has 31 heavy (non-hydrogen) atoms. The smallest absolute Gasteiger partial charge is 0.254 e. The van der Waals surface area contributed by atoms with Gasteiger partial charge in [0.05, 0.1) is 37.9 Å². The second kappa shape index (κ2) is 10.0. The SMILES string of the molecule is O=C(C[C@H]1CC[C@H]2[C@@H](COC[C@@H](O)CN2C(=O)c2ccccc2)O1)Nc1ccccc1. The molecule has 2 aromatic rings. The number of nitrogens with zero attached hydrogens (tertiary/aromatic N) is 1. The molecule has 0 spiro atoms.